The number of rotatable bonds is 22. The quantitative estimate of drug-likeness (QED) is 0.0780. The monoisotopic (exact) mass is 687 g/mol. The van der Waals surface area contributed by atoms with Crippen LogP contribution in [0.5, 0.6) is 0 Å². The molecule has 0 bridgehead atoms. The second-order valence-corrected chi connectivity index (χ2v) is 15.3. The Kier molecular flexibility index (Phi) is 16.9. The average Bonchev–Trinajstić information content (AvgIpc) is 3.14. The minimum atomic E-state index is -0.388. The van der Waals surface area contributed by atoms with Gasteiger partial charge in [-0.1, -0.05) is 105 Å². The summed E-state index contributed by atoms with van der Waals surface area (Å²) in [6, 6.07) is 0. The third-order valence-corrected chi connectivity index (χ3v) is 11.8. The lowest BCUT2D eigenvalue weighted by atomic mass is 9.69. The number of ether oxygens (including phenoxy) is 2. The van der Waals surface area contributed by atoms with Crippen molar-refractivity contribution in [2.24, 2.45) is 0 Å². The van der Waals surface area contributed by atoms with Gasteiger partial charge in [0.25, 0.3) is 0 Å². The molecule has 0 unspecified atom stereocenters. The zero-order valence-corrected chi connectivity index (χ0v) is 33.0. The number of esters is 2. The zero-order chi connectivity index (χ0) is 35.9. The first-order valence-electron chi connectivity index (χ1n) is 21.0. The van der Waals surface area contributed by atoms with E-state index in [0.29, 0.717) is 11.1 Å². The molecule has 0 saturated carbocycles. The molecule has 0 aliphatic heterocycles. The predicted molar refractivity (Wildman–Crippen MR) is 209 cm³/mol. The maximum Gasteiger partial charge on any atom is 0.339 e. The van der Waals surface area contributed by atoms with Crippen LogP contribution < -0.4 is 0 Å². The van der Waals surface area contributed by atoms with Crippen molar-refractivity contribution in [3.63, 3.8) is 0 Å². The molecule has 0 heterocycles. The number of unbranched alkanes of at least 4 members (excludes halogenated alkanes) is 12. The average molecular weight is 687 g/mol. The van der Waals surface area contributed by atoms with Gasteiger partial charge in [-0.05, 0) is 146 Å². The van der Waals surface area contributed by atoms with Gasteiger partial charge >= 0.3 is 11.9 Å². The zero-order valence-electron chi connectivity index (χ0n) is 33.0. The first kappa shape index (κ1) is 40.2. The van der Waals surface area contributed by atoms with Crippen molar-refractivity contribution in [1.29, 1.82) is 0 Å². The Morgan fingerprint density at radius 3 is 1.02 bits per heavy atom. The molecule has 4 nitrogen and oxygen atoms in total. The van der Waals surface area contributed by atoms with Crippen LogP contribution in [0.4, 0.5) is 0 Å². The molecule has 0 N–H and O–H groups in total. The van der Waals surface area contributed by atoms with Gasteiger partial charge in [0.05, 0.1) is 25.3 Å². The molecule has 278 valence electrons. The number of methoxy groups -OCH3 is 2. The van der Waals surface area contributed by atoms with Gasteiger partial charge in [-0.15, -0.1) is 0 Å². The molecule has 0 atom stereocenters. The highest BCUT2D eigenvalue weighted by molar-refractivity contribution is 6.06. The van der Waals surface area contributed by atoms with E-state index in [0.717, 1.165) is 88.2 Å². The predicted octanol–water partition coefficient (Wildman–Crippen LogP) is 12.1. The van der Waals surface area contributed by atoms with Crippen LogP contribution in [-0.2, 0) is 60.8 Å². The SMILES string of the molecule is CCCCCCc1c2c(c(CCCCCC)c3c1Cc1c(c(CCCCCC)c(C(=O)OC)c(C(=O)OC)c1CCCCCC)C3)CCCC2. The summed E-state index contributed by atoms with van der Waals surface area (Å²) in [4.78, 5) is 27.8. The Morgan fingerprint density at radius 2 is 0.720 bits per heavy atom. The minimum absolute atomic E-state index is 0.388. The van der Waals surface area contributed by atoms with Crippen molar-refractivity contribution < 1.29 is 19.1 Å². The Labute approximate surface area is 305 Å². The summed E-state index contributed by atoms with van der Waals surface area (Å²) in [5.74, 6) is -0.776. The van der Waals surface area contributed by atoms with Gasteiger partial charge < -0.3 is 9.47 Å². The maximum atomic E-state index is 13.9. The van der Waals surface area contributed by atoms with Crippen LogP contribution in [0, 0.1) is 0 Å². The number of benzene rings is 2. The number of fused-ring (bicyclic) bond motifs is 3. The Balaban J connectivity index is 2.01. The van der Waals surface area contributed by atoms with E-state index >= 15 is 0 Å². The molecule has 50 heavy (non-hydrogen) atoms. The number of carbonyl (C=O) groups excluding carboxylic acids is 2. The Hall–Kier alpha value is -2.62. The molecule has 4 rings (SSSR count). The van der Waals surface area contributed by atoms with Crippen LogP contribution in [0.1, 0.15) is 220 Å². The van der Waals surface area contributed by atoms with E-state index in [1.54, 1.807) is 33.4 Å². The van der Waals surface area contributed by atoms with E-state index in [1.807, 2.05) is 0 Å². The summed E-state index contributed by atoms with van der Waals surface area (Å²) in [7, 11) is 2.93. The maximum absolute atomic E-state index is 13.9. The third-order valence-electron chi connectivity index (χ3n) is 11.8. The van der Waals surface area contributed by atoms with Gasteiger partial charge in [0.1, 0.15) is 0 Å². The highest BCUT2D eigenvalue weighted by Gasteiger charge is 2.36. The van der Waals surface area contributed by atoms with E-state index in [4.69, 9.17) is 9.47 Å². The largest absolute Gasteiger partial charge is 0.465 e. The van der Waals surface area contributed by atoms with E-state index in [9.17, 15) is 9.59 Å². The lowest BCUT2D eigenvalue weighted by Crippen LogP contribution is -2.26. The highest BCUT2D eigenvalue weighted by atomic mass is 16.5. The fourth-order valence-electron chi connectivity index (χ4n) is 9.20. The molecule has 0 radical (unpaired) electrons. The second-order valence-electron chi connectivity index (χ2n) is 15.3. The normalized spacial score (nSPS) is 13.5. The lowest BCUT2D eigenvalue weighted by Gasteiger charge is -2.35. The van der Waals surface area contributed by atoms with Gasteiger partial charge in [-0.2, -0.15) is 0 Å². The van der Waals surface area contributed by atoms with Crippen LogP contribution in [0.25, 0.3) is 0 Å². The fraction of sp³-hybridized carbons (Fsp3) is 0.696. The lowest BCUT2D eigenvalue weighted by molar-refractivity contribution is 0.0552. The van der Waals surface area contributed by atoms with Gasteiger partial charge in [-0.25, -0.2) is 9.59 Å². The van der Waals surface area contributed by atoms with Crippen LogP contribution in [0.2, 0.25) is 0 Å². The molecule has 0 spiro atoms. The van der Waals surface area contributed by atoms with Crippen molar-refractivity contribution in [1.82, 2.24) is 0 Å². The number of hydrogen-bond donors (Lipinski definition) is 0. The summed E-state index contributed by atoms with van der Waals surface area (Å²) < 4.78 is 11.0. The molecular formula is C46H70O4. The Bertz CT molecular complexity index is 1310. The Morgan fingerprint density at radius 1 is 0.420 bits per heavy atom. The van der Waals surface area contributed by atoms with Crippen LogP contribution in [0.3, 0.4) is 0 Å². The highest BCUT2D eigenvalue weighted by Crippen LogP contribution is 2.44. The van der Waals surface area contributed by atoms with Crippen LogP contribution >= 0.6 is 0 Å². The summed E-state index contributed by atoms with van der Waals surface area (Å²) >= 11 is 0. The molecule has 2 aliphatic rings. The van der Waals surface area contributed by atoms with Gasteiger partial charge in [0.15, 0.2) is 0 Å². The van der Waals surface area contributed by atoms with Crippen molar-refractivity contribution in [3.05, 3.63) is 66.8 Å². The summed E-state index contributed by atoms with van der Waals surface area (Å²) in [5.41, 5.74) is 15.6. The standard InChI is InChI=1S/C46H70O4/c1-7-11-15-19-25-35-33-27-23-24-28-34(33)36(26-20-16-12-8-2)40-32-42-38(30-22-18-14-10-4)44(46(48)50-6)43(45(47)49-5)37(29-21-17-13-9-3)41(42)31-39(35)40/h7-32H2,1-6H3. The van der Waals surface area contributed by atoms with E-state index in [2.05, 4.69) is 27.7 Å². The molecule has 0 amide bonds. The van der Waals surface area contributed by atoms with Crippen molar-refractivity contribution in [2.75, 3.05) is 14.2 Å². The number of carbonyl (C=O) groups is 2. The van der Waals surface area contributed by atoms with Crippen molar-refractivity contribution >= 4 is 11.9 Å². The fourth-order valence-corrected chi connectivity index (χ4v) is 9.20. The molecule has 2 aromatic rings. The molecular weight excluding hydrogens is 617 g/mol. The number of hydrogen-bond acceptors (Lipinski definition) is 4. The third kappa shape index (κ3) is 9.62. The summed E-state index contributed by atoms with van der Waals surface area (Å²) in [5, 5.41) is 0. The molecule has 0 aromatic heterocycles. The second kappa shape index (κ2) is 21.0. The topological polar surface area (TPSA) is 52.6 Å². The minimum Gasteiger partial charge on any atom is -0.465 e. The van der Waals surface area contributed by atoms with Crippen LogP contribution in [-0.4, -0.2) is 26.2 Å². The first-order chi connectivity index (χ1) is 24.5. The van der Waals surface area contributed by atoms with Gasteiger partial charge in [0.2, 0.25) is 0 Å². The molecule has 0 saturated heterocycles. The first-order valence-corrected chi connectivity index (χ1v) is 21.0. The molecule has 2 aromatic carbocycles. The smallest absolute Gasteiger partial charge is 0.339 e. The molecule has 4 heteroatoms. The van der Waals surface area contributed by atoms with Crippen LogP contribution in [0.15, 0.2) is 0 Å². The van der Waals surface area contributed by atoms with E-state index < -0.39 is 0 Å². The molecule has 0 fully saturated rings. The summed E-state index contributed by atoms with van der Waals surface area (Å²) in [6.07, 6.45) is 29.7. The van der Waals surface area contributed by atoms with Crippen molar-refractivity contribution in [3.8, 4) is 0 Å². The summed E-state index contributed by atoms with van der Waals surface area (Å²) in [6.45, 7) is 9.09. The van der Waals surface area contributed by atoms with Crippen molar-refractivity contribution in [2.45, 2.75) is 195 Å². The van der Waals surface area contributed by atoms with Gasteiger partial charge in [0, 0.05) is 0 Å². The van der Waals surface area contributed by atoms with E-state index in [1.165, 1.54) is 115 Å². The van der Waals surface area contributed by atoms with E-state index in [-0.39, 0.29) is 11.9 Å². The molecule has 2 aliphatic carbocycles. The van der Waals surface area contributed by atoms with Gasteiger partial charge in [-0.3, -0.25) is 0 Å².